The van der Waals surface area contributed by atoms with Crippen LogP contribution in [-0.4, -0.2) is 19.0 Å². The Kier molecular flexibility index (Phi) is 3.93. The number of carbonyl (C=O) groups excluding carboxylic acids is 1. The first kappa shape index (κ1) is 11.5. The van der Waals surface area contributed by atoms with Gasteiger partial charge in [-0.2, -0.15) is 0 Å². The lowest BCUT2D eigenvalue weighted by molar-refractivity contribution is -0.117. The van der Waals surface area contributed by atoms with E-state index in [1.165, 1.54) is 25.7 Å². The maximum atomic E-state index is 10.6. The molecule has 3 heteroatoms. The molecule has 82 valence electrons. The zero-order valence-electron chi connectivity index (χ0n) is 9.31. The van der Waals surface area contributed by atoms with Crippen LogP contribution in [0.25, 0.3) is 0 Å². The quantitative estimate of drug-likeness (QED) is 0.699. The minimum Gasteiger partial charge on any atom is -0.369 e. The lowest BCUT2D eigenvalue weighted by atomic mass is 9.78. The summed E-state index contributed by atoms with van der Waals surface area (Å²) in [6, 6.07) is 0. The molecule has 3 nitrogen and oxygen atoms in total. The highest BCUT2D eigenvalue weighted by Crippen LogP contribution is 2.38. The average Bonchev–Trinajstić information content (AvgIpc) is 2.54. The van der Waals surface area contributed by atoms with Crippen molar-refractivity contribution in [1.82, 2.24) is 5.32 Å². The molecule has 0 atom stereocenters. The van der Waals surface area contributed by atoms with Gasteiger partial charge in [0.2, 0.25) is 5.91 Å². The van der Waals surface area contributed by atoms with Crippen molar-refractivity contribution >= 4 is 5.91 Å². The van der Waals surface area contributed by atoms with Gasteiger partial charge >= 0.3 is 0 Å². The predicted octanol–water partition coefficient (Wildman–Crippen LogP) is 1.28. The average molecular weight is 198 g/mol. The van der Waals surface area contributed by atoms with Gasteiger partial charge in [0.05, 0.1) is 6.54 Å². The molecule has 0 saturated heterocycles. The third kappa shape index (κ3) is 3.29. The Labute approximate surface area is 86.4 Å². The van der Waals surface area contributed by atoms with Crippen LogP contribution in [-0.2, 0) is 4.79 Å². The zero-order chi connectivity index (χ0) is 10.6. The molecule has 1 saturated carbocycles. The standard InChI is InChI=1S/C11H22N2O/c1-11(2,8-13-7-10(12)14)9-5-3-4-6-9/h9,13H,3-8H2,1-2H3,(H2,12,14). The zero-order valence-corrected chi connectivity index (χ0v) is 9.31. The summed E-state index contributed by atoms with van der Waals surface area (Å²) in [4.78, 5) is 10.6. The molecular weight excluding hydrogens is 176 g/mol. The Hall–Kier alpha value is -0.570. The van der Waals surface area contributed by atoms with Gasteiger partial charge in [-0.05, 0) is 24.2 Å². The Morgan fingerprint density at radius 3 is 2.50 bits per heavy atom. The minimum absolute atomic E-state index is 0.271. The molecule has 14 heavy (non-hydrogen) atoms. The van der Waals surface area contributed by atoms with Gasteiger partial charge in [-0.25, -0.2) is 0 Å². The molecule has 1 aliphatic rings. The van der Waals surface area contributed by atoms with Gasteiger partial charge < -0.3 is 11.1 Å². The van der Waals surface area contributed by atoms with E-state index >= 15 is 0 Å². The van der Waals surface area contributed by atoms with Crippen molar-refractivity contribution in [2.24, 2.45) is 17.1 Å². The molecule has 0 aromatic rings. The number of hydrogen-bond acceptors (Lipinski definition) is 2. The second-order valence-electron chi connectivity index (χ2n) is 5.04. The SMILES string of the molecule is CC(C)(CNCC(N)=O)C1CCCC1. The summed E-state index contributed by atoms with van der Waals surface area (Å²) in [6.07, 6.45) is 5.41. The topological polar surface area (TPSA) is 55.1 Å². The second-order valence-corrected chi connectivity index (χ2v) is 5.04. The van der Waals surface area contributed by atoms with E-state index < -0.39 is 0 Å². The summed E-state index contributed by atoms with van der Waals surface area (Å²) >= 11 is 0. The predicted molar refractivity (Wildman–Crippen MR) is 57.8 cm³/mol. The molecule has 0 spiro atoms. The Morgan fingerprint density at radius 2 is 2.00 bits per heavy atom. The molecular formula is C11H22N2O. The van der Waals surface area contributed by atoms with E-state index in [0.717, 1.165) is 12.5 Å². The summed E-state index contributed by atoms with van der Waals surface area (Å²) in [5.74, 6) is 0.537. The summed E-state index contributed by atoms with van der Waals surface area (Å²) in [5, 5.41) is 3.13. The lowest BCUT2D eigenvalue weighted by Gasteiger charge is -2.31. The molecule has 1 fully saturated rings. The molecule has 0 unspecified atom stereocenters. The minimum atomic E-state index is -0.271. The molecule has 0 heterocycles. The number of carbonyl (C=O) groups is 1. The van der Waals surface area contributed by atoms with E-state index in [1.54, 1.807) is 0 Å². The highest BCUT2D eigenvalue weighted by Gasteiger charge is 2.31. The van der Waals surface area contributed by atoms with Gasteiger partial charge in [0, 0.05) is 6.54 Å². The van der Waals surface area contributed by atoms with Crippen molar-refractivity contribution < 1.29 is 4.79 Å². The lowest BCUT2D eigenvalue weighted by Crippen LogP contribution is -2.38. The molecule has 1 amide bonds. The first-order valence-corrected chi connectivity index (χ1v) is 5.51. The Morgan fingerprint density at radius 1 is 1.43 bits per heavy atom. The highest BCUT2D eigenvalue weighted by atomic mass is 16.1. The number of nitrogens with one attached hydrogen (secondary N) is 1. The van der Waals surface area contributed by atoms with Gasteiger partial charge in [-0.1, -0.05) is 26.7 Å². The van der Waals surface area contributed by atoms with Crippen LogP contribution in [0.4, 0.5) is 0 Å². The van der Waals surface area contributed by atoms with Gasteiger partial charge in [0.1, 0.15) is 0 Å². The van der Waals surface area contributed by atoms with E-state index in [0.29, 0.717) is 12.0 Å². The number of nitrogens with two attached hydrogens (primary N) is 1. The van der Waals surface area contributed by atoms with Gasteiger partial charge in [-0.15, -0.1) is 0 Å². The summed E-state index contributed by atoms with van der Waals surface area (Å²) in [7, 11) is 0. The summed E-state index contributed by atoms with van der Waals surface area (Å²) in [5.41, 5.74) is 5.37. The second kappa shape index (κ2) is 4.78. The maximum absolute atomic E-state index is 10.6. The van der Waals surface area contributed by atoms with Crippen molar-refractivity contribution in [3.05, 3.63) is 0 Å². The van der Waals surface area contributed by atoms with Crippen LogP contribution in [0.5, 0.6) is 0 Å². The number of amides is 1. The fraction of sp³-hybridized carbons (Fsp3) is 0.909. The normalized spacial score (nSPS) is 18.7. The van der Waals surface area contributed by atoms with Crippen molar-refractivity contribution in [2.75, 3.05) is 13.1 Å². The maximum Gasteiger partial charge on any atom is 0.231 e. The van der Waals surface area contributed by atoms with Crippen molar-refractivity contribution in [1.29, 1.82) is 0 Å². The Bertz CT molecular complexity index is 195. The van der Waals surface area contributed by atoms with Crippen LogP contribution in [0.1, 0.15) is 39.5 Å². The van der Waals surface area contributed by atoms with Crippen LogP contribution in [0.15, 0.2) is 0 Å². The fourth-order valence-electron chi connectivity index (χ4n) is 2.36. The van der Waals surface area contributed by atoms with Gasteiger partial charge in [-0.3, -0.25) is 4.79 Å². The number of primary amides is 1. The van der Waals surface area contributed by atoms with E-state index in [4.69, 9.17) is 5.73 Å². The molecule has 1 rings (SSSR count). The first-order chi connectivity index (χ1) is 6.52. The van der Waals surface area contributed by atoms with E-state index in [1.807, 2.05) is 0 Å². The molecule has 0 aliphatic heterocycles. The van der Waals surface area contributed by atoms with Gasteiger partial charge in [0.15, 0.2) is 0 Å². The number of hydrogen-bond donors (Lipinski definition) is 2. The fourth-order valence-corrected chi connectivity index (χ4v) is 2.36. The molecule has 0 aromatic carbocycles. The highest BCUT2D eigenvalue weighted by molar-refractivity contribution is 5.75. The molecule has 3 N–H and O–H groups in total. The van der Waals surface area contributed by atoms with E-state index in [-0.39, 0.29) is 5.91 Å². The number of rotatable bonds is 5. The molecule has 0 bridgehead atoms. The molecule has 1 aliphatic carbocycles. The first-order valence-electron chi connectivity index (χ1n) is 5.51. The van der Waals surface area contributed by atoms with Crippen molar-refractivity contribution in [3.63, 3.8) is 0 Å². The van der Waals surface area contributed by atoms with Crippen LogP contribution >= 0.6 is 0 Å². The van der Waals surface area contributed by atoms with Crippen LogP contribution in [0.2, 0.25) is 0 Å². The monoisotopic (exact) mass is 198 g/mol. The Balaban J connectivity index is 2.29. The van der Waals surface area contributed by atoms with Gasteiger partial charge in [0.25, 0.3) is 0 Å². The third-order valence-corrected chi connectivity index (χ3v) is 3.34. The summed E-state index contributed by atoms with van der Waals surface area (Å²) in [6.45, 7) is 5.74. The molecule has 0 aromatic heterocycles. The van der Waals surface area contributed by atoms with Crippen LogP contribution in [0, 0.1) is 11.3 Å². The smallest absolute Gasteiger partial charge is 0.231 e. The largest absolute Gasteiger partial charge is 0.369 e. The van der Waals surface area contributed by atoms with E-state index in [2.05, 4.69) is 19.2 Å². The molecule has 0 radical (unpaired) electrons. The van der Waals surface area contributed by atoms with Crippen LogP contribution in [0.3, 0.4) is 0 Å². The summed E-state index contributed by atoms with van der Waals surface area (Å²) < 4.78 is 0. The van der Waals surface area contributed by atoms with E-state index in [9.17, 15) is 4.79 Å². The van der Waals surface area contributed by atoms with Crippen molar-refractivity contribution in [2.45, 2.75) is 39.5 Å². The third-order valence-electron chi connectivity index (χ3n) is 3.34. The van der Waals surface area contributed by atoms with Crippen molar-refractivity contribution in [3.8, 4) is 0 Å². The van der Waals surface area contributed by atoms with Crippen LogP contribution < -0.4 is 11.1 Å².